The van der Waals surface area contributed by atoms with Gasteiger partial charge in [0.2, 0.25) is 11.4 Å². The molecule has 33 heavy (non-hydrogen) atoms. The first-order valence-electron chi connectivity index (χ1n) is 11.0. The van der Waals surface area contributed by atoms with Crippen LogP contribution in [0.15, 0.2) is 21.7 Å². The number of nitro benzene ring substituents is 1. The molecule has 2 rings (SSSR count). The van der Waals surface area contributed by atoms with E-state index in [0.29, 0.717) is 18.7 Å². The molecular formula is C21H31N5O6S. The van der Waals surface area contributed by atoms with Crippen LogP contribution in [0.1, 0.15) is 44.9 Å². The number of aromatic nitrogens is 2. The van der Waals surface area contributed by atoms with Crippen molar-refractivity contribution in [1.82, 2.24) is 20.5 Å². The van der Waals surface area contributed by atoms with E-state index in [4.69, 9.17) is 4.74 Å². The van der Waals surface area contributed by atoms with Crippen LogP contribution in [0.5, 0.6) is 0 Å². The Morgan fingerprint density at radius 3 is 2.64 bits per heavy atom. The van der Waals surface area contributed by atoms with Gasteiger partial charge in [-0.3, -0.25) is 19.7 Å². The second-order valence-electron chi connectivity index (χ2n) is 7.79. The highest BCUT2D eigenvalue weighted by Gasteiger charge is 2.19. The summed E-state index contributed by atoms with van der Waals surface area (Å²) in [6.07, 6.45) is 4.70. The van der Waals surface area contributed by atoms with Gasteiger partial charge in [0.15, 0.2) is 5.52 Å². The Hall–Kier alpha value is -2.73. The Morgan fingerprint density at radius 1 is 1.12 bits per heavy atom. The number of rotatable bonds is 16. The zero-order chi connectivity index (χ0) is 24.1. The normalized spacial score (nSPS) is 11.1. The molecule has 182 valence electrons. The van der Waals surface area contributed by atoms with E-state index in [1.54, 1.807) is 17.8 Å². The van der Waals surface area contributed by atoms with Gasteiger partial charge in [-0.05, 0) is 62.0 Å². The maximum Gasteiger partial charge on any atom is 0.306 e. The van der Waals surface area contributed by atoms with Crippen molar-refractivity contribution in [2.75, 3.05) is 39.5 Å². The van der Waals surface area contributed by atoms with Crippen molar-refractivity contribution >= 4 is 40.4 Å². The number of nitro groups is 1. The Bertz CT molecular complexity index is 920. The minimum atomic E-state index is -0.504. The fourth-order valence-corrected chi connectivity index (χ4v) is 4.02. The number of carbonyl (C=O) groups excluding carboxylic acids is 2. The smallest absolute Gasteiger partial charge is 0.306 e. The molecule has 0 unspecified atom stereocenters. The number of non-ortho nitro benzene ring substituents is 1. The lowest BCUT2D eigenvalue weighted by Crippen LogP contribution is -2.27. The van der Waals surface area contributed by atoms with Gasteiger partial charge >= 0.3 is 11.7 Å². The van der Waals surface area contributed by atoms with E-state index in [9.17, 15) is 19.7 Å². The van der Waals surface area contributed by atoms with E-state index < -0.39 is 4.92 Å². The molecule has 11 nitrogen and oxygen atoms in total. The summed E-state index contributed by atoms with van der Waals surface area (Å²) in [4.78, 5) is 36.8. The molecule has 0 saturated heterocycles. The van der Waals surface area contributed by atoms with Gasteiger partial charge in [0.05, 0.1) is 18.0 Å². The molecule has 0 spiro atoms. The highest BCUT2D eigenvalue weighted by Crippen LogP contribution is 2.32. The first-order valence-corrected chi connectivity index (χ1v) is 12.0. The van der Waals surface area contributed by atoms with Crippen LogP contribution in [-0.2, 0) is 14.3 Å². The Labute approximate surface area is 196 Å². The van der Waals surface area contributed by atoms with Gasteiger partial charge in [0, 0.05) is 23.9 Å². The van der Waals surface area contributed by atoms with E-state index >= 15 is 0 Å². The Balaban J connectivity index is 1.50. The van der Waals surface area contributed by atoms with Crippen molar-refractivity contribution in [2.24, 2.45) is 0 Å². The van der Waals surface area contributed by atoms with Crippen LogP contribution in [0.3, 0.4) is 0 Å². The second-order valence-corrected chi connectivity index (χ2v) is 8.93. The molecule has 1 aromatic heterocycles. The minimum Gasteiger partial charge on any atom is -0.466 e. The number of amides is 1. The summed E-state index contributed by atoms with van der Waals surface area (Å²) in [5, 5.41) is 21.2. The maximum absolute atomic E-state index is 11.7. The van der Waals surface area contributed by atoms with Gasteiger partial charge in [-0.15, -0.1) is 11.8 Å². The first-order chi connectivity index (χ1) is 15.9. The third kappa shape index (κ3) is 9.74. The van der Waals surface area contributed by atoms with Crippen LogP contribution in [0, 0.1) is 10.1 Å². The van der Waals surface area contributed by atoms with Crippen LogP contribution >= 0.6 is 11.8 Å². The standard InChI is InChI=1S/C21H31N5O6S/c1-25(2)13-7-12-22-18(27)10-11-19(28)31-14-5-3-4-6-15-33-17-9-8-16(26(29)30)20-21(17)24-32-23-20/h8-9H,3-7,10-15H2,1-2H3,(H,22,27). The topological polar surface area (TPSA) is 141 Å². The summed E-state index contributed by atoms with van der Waals surface area (Å²) >= 11 is 1.55. The van der Waals surface area contributed by atoms with Gasteiger partial charge in [-0.25, -0.2) is 4.63 Å². The maximum atomic E-state index is 11.7. The van der Waals surface area contributed by atoms with Crippen molar-refractivity contribution in [1.29, 1.82) is 0 Å². The number of hydrogen-bond acceptors (Lipinski definition) is 10. The molecule has 1 aromatic carbocycles. The van der Waals surface area contributed by atoms with Crippen LogP contribution in [0.25, 0.3) is 11.0 Å². The van der Waals surface area contributed by atoms with E-state index in [1.807, 2.05) is 14.1 Å². The molecule has 0 atom stereocenters. The molecule has 0 aliphatic heterocycles. The van der Waals surface area contributed by atoms with Crippen LogP contribution in [0.2, 0.25) is 0 Å². The largest absolute Gasteiger partial charge is 0.466 e. The molecular weight excluding hydrogens is 450 g/mol. The number of fused-ring (bicyclic) bond motifs is 1. The average molecular weight is 482 g/mol. The van der Waals surface area contributed by atoms with E-state index in [1.165, 1.54) is 6.07 Å². The number of carbonyl (C=O) groups is 2. The van der Waals surface area contributed by atoms with E-state index in [-0.39, 0.29) is 35.9 Å². The lowest BCUT2D eigenvalue weighted by Gasteiger charge is -2.09. The molecule has 0 aliphatic rings. The number of nitrogens with one attached hydrogen (secondary N) is 1. The van der Waals surface area contributed by atoms with E-state index in [2.05, 4.69) is 25.2 Å². The van der Waals surface area contributed by atoms with Crippen molar-refractivity contribution < 1.29 is 23.9 Å². The second kappa shape index (κ2) is 14.4. The van der Waals surface area contributed by atoms with Gasteiger partial charge in [0.25, 0.3) is 0 Å². The summed E-state index contributed by atoms with van der Waals surface area (Å²) in [7, 11) is 3.96. The first kappa shape index (κ1) is 26.5. The zero-order valence-electron chi connectivity index (χ0n) is 19.1. The number of ether oxygens (including phenoxy) is 1. The predicted octanol–water partition coefficient (Wildman–Crippen LogP) is 3.17. The molecule has 0 bridgehead atoms. The third-order valence-corrected chi connectivity index (χ3v) is 5.91. The fraction of sp³-hybridized carbons (Fsp3) is 0.619. The number of unbranched alkanes of at least 4 members (excludes halogenated alkanes) is 3. The molecule has 12 heteroatoms. The lowest BCUT2D eigenvalue weighted by molar-refractivity contribution is -0.383. The SMILES string of the molecule is CN(C)CCCNC(=O)CCC(=O)OCCCCCCSc1ccc([N+](=O)[O-])c2nonc12. The molecule has 0 radical (unpaired) electrons. The molecule has 1 amide bonds. The van der Waals surface area contributed by atoms with Crippen LogP contribution < -0.4 is 5.32 Å². The van der Waals surface area contributed by atoms with E-state index in [0.717, 1.165) is 49.3 Å². The van der Waals surface area contributed by atoms with Crippen molar-refractivity contribution in [3.8, 4) is 0 Å². The van der Waals surface area contributed by atoms with Crippen molar-refractivity contribution in [3.05, 3.63) is 22.2 Å². The average Bonchev–Trinajstić information content (AvgIpc) is 3.27. The molecule has 2 aromatic rings. The van der Waals surface area contributed by atoms with Crippen LogP contribution in [-0.4, -0.2) is 71.6 Å². The molecule has 0 aliphatic carbocycles. The highest BCUT2D eigenvalue weighted by atomic mass is 32.2. The summed E-state index contributed by atoms with van der Waals surface area (Å²) in [5.74, 6) is 0.343. The van der Waals surface area contributed by atoms with Crippen molar-refractivity contribution in [2.45, 2.75) is 49.8 Å². The van der Waals surface area contributed by atoms with Crippen LogP contribution in [0.4, 0.5) is 5.69 Å². The van der Waals surface area contributed by atoms with Gasteiger partial charge in [-0.2, -0.15) is 0 Å². The summed E-state index contributed by atoms with van der Waals surface area (Å²) < 4.78 is 9.85. The number of hydrogen-bond donors (Lipinski definition) is 1. The zero-order valence-corrected chi connectivity index (χ0v) is 19.9. The summed E-state index contributed by atoms with van der Waals surface area (Å²) in [6.45, 7) is 1.86. The quantitative estimate of drug-likeness (QED) is 0.125. The van der Waals surface area contributed by atoms with Gasteiger partial charge < -0.3 is 15.0 Å². The number of nitrogens with zero attached hydrogens (tertiary/aromatic N) is 4. The Morgan fingerprint density at radius 2 is 1.88 bits per heavy atom. The summed E-state index contributed by atoms with van der Waals surface area (Å²) in [5.41, 5.74) is 0.447. The molecule has 1 N–H and O–H groups in total. The number of benzene rings is 1. The Kier molecular flexibility index (Phi) is 11.6. The predicted molar refractivity (Wildman–Crippen MR) is 124 cm³/mol. The third-order valence-electron chi connectivity index (χ3n) is 4.77. The lowest BCUT2D eigenvalue weighted by atomic mass is 10.2. The number of esters is 1. The van der Waals surface area contributed by atoms with Crippen molar-refractivity contribution in [3.63, 3.8) is 0 Å². The monoisotopic (exact) mass is 481 g/mol. The molecule has 0 saturated carbocycles. The molecule has 1 heterocycles. The van der Waals surface area contributed by atoms with Gasteiger partial charge in [-0.1, -0.05) is 12.8 Å². The minimum absolute atomic E-state index is 0.0940. The number of thioether (sulfide) groups is 1. The van der Waals surface area contributed by atoms with Gasteiger partial charge in [0.1, 0.15) is 0 Å². The fourth-order valence-electron chi connectivity index (χ4n) is 3.02. The highest BCUT2D eigenvalue weighted by molar-refractivity contribution is 7.99. The molecule has 0 fully saturated rings. The summed E-state index contributed by atoms with van der Waals surface area (Å²) in [6, 6.07) is 3.08.